The van der Waals surface area contributed by atoms with Crippen molar-refractivity contribution in [1.29, 1.82) is 0 Å². The van der Waals surface area contributed by atoms with Crippen LogP contribution in [0.5, 0.6) is 0 Å². The van der Waals surface area contributed by atoms with Crippen molar-refractivity contribution in [2.75, 3.05) is 33.9 Å². The van der Waals surface area contributed by atoms with E-state index in [9.17, 15) is 24.9 Å². The minimum atomic E-state index is -1.71. The largest absolute Gasteiger partial charge is 0.459 e. The van der Waals surface area contributed by atoms with Crippen LogP contribution in [0.3, 0.4) is 0 Å². The minimum Gasteiger partial charge on any atom is -0.459 e. The number of hydrogen-bond acceptors (Lipinski definition) is 14. The molecule has 0 saturated carbocycles. The van der Waals surface area contributed by atoms with E-state index in [1.807, 2.05) is 89.3 Å². The molecule has 2 aromatic rings. The van der Waals surface area contributed by atoms with E-state index in [1.165, 1.54) is 11.3 Å². The monoisotopic (exact) mass is 871 g/mol. The summed E-state index contributed by atoms with van der Waals surface area (Å²) in [5.41, 5.74) is 0.291. The van der Waals surface area contributed by atoms with Crippen LogP contribution >= 0.6 is 11.3 Å². The molecule has 4 N–H and O–H groups in total. The topological polar surface area (TPSA) is 178 Å². The highest BCUT2D eigenvalue weighted by molar-refractivity contribution is 7.10. The number of pyridine rings is 1. The van der Waals surface area contributed by atoms with Gasteiger partial charge in [0.2, 0.25) is 0 Å². The third-order valence-corrected chi connectivity index (χ3v) is 13.7. The SMILES string of the molecule is C=C1COC2[C@@H](C)/C(=C/COC(=O)NCc3cc(-c4ccccn4)cs3)[C@H](C)C[C@@](C)(OC1)[C@H](OC1O[C@H](C)C[C@H](N(C)C)[C@H]1O)[C@@H](C)[C@H](O)[C@@H](C)C(=O)O[C@H](CC)[C@@]2(C)O. The summed E-state index contributed by atoms with van der Waals surface area (Å²) in [6, 6.07) is 7.44. The number of likely N-dealkylation sites (N-methyl/N-ethyl adjacent to an activating group) is 1. The number of thiophene rings is 1. The zero-order valence-corrected chi connectivity index (χ0v) is 38.4. The molecule has 61 heavy (non-hydrogen) atoms. The van der Waals surface area contributed by atoms with E-state index in [-0.39, 0.29) is 50.8 Å². The Morgan fingerprint density at radius 1 is 1.11 bits per heavy atom. The molecule has 1 amide bonds. The number of amides is 1. The third kappa shape index (κ3) is 11.7. The molecule has 340 valence electrons. The fraction of sp³-hybridized carbons (Fsp3) is 0.674. The van der Waals surface area contributed by atoms with Gasteiger partial charge in [0.05, 0.1) is 61.4 Å². The van der Waals surface area contributed by atoms with Crippen LogP contribution in [0, 0.1) is 23.7 Å². The lowest BCUT2D eigenvalue weighted by Gasteiger charge is -2.48. The number of rotatable bonds is 9. The Hall–Kier alpha value is -3.25. The fourth-order valence-corrected chi connectivity index (χ4v) is 10.2. The highest BCUT2D eigenvalue weighted by Gasteiger charge is 2.52. The molecule has 0 aliphatic carbocycles. The zero-order chi connectivity index (χ0) is 44.8. The molecule has 5 rings (SSSR count). The smallest absolute Gasteiger partial charge is 0.407 e. The van der Waals surface area contributed by atoms with E-state index in [0.29, 0.717) is 18.4 Å². The van der Waals surface area contributed by atoms with Crippen molar-refractivity contribution in [3.8, 4) is 11.3 Å². The van der Waals surface area contributed by atoms with E-state index in [1.54, 1.807) is 27.0 Å². The lowest BCUT2D eigenvalue weighted by atomic mass is 9.72. The average Bonchev–Trinajstić information content (AvgIpc) is 3.70. The molecule has 0 aromatic carbocycles. The van der Waals surface area contributed by atoms with Crippen LogP contribution in [0.25, 0.3) is 11.3 Å². The summed E-state index contributed by atoms with van der Waals surface area (Å²) in [5.74, 6) is -3.31. The van der Waals surface area contributed by atoms with Crippen molar-refractivity contribution >= 4 is 23.4 Å². The van der Waals surface area contributed by atoms with Crippen molar-refractivity contribution in [2.24, 2.45) is 23.7 Å². The first-order chi connectivity index (χ1) is 28.8. The van der Waals surface area contributed by atoms with Gasteiger partial charge in [-0.2, -0.15) is 0 Å². The van der Waals surface area contributed by atoms with Crippen LogP contribution in [0.15, 0.2) is 59.6 Å². The van der Waals surface area contributed by atoms with E-state index < -0.39 is 77.8 Å². The molecular formula is C46H69N3O11S. The average molecular weight is 872 g/mol. The Morgan fingerprint density at radius 3 is 2.52 bits per heavy atom. The predicted molar refractivity (Wildman–Crippen MR) is 232 cm³/mol. The van der Waals surface area contributed by atoms with Crippen LogP contribution in [0.1, 0.15) is 79.5 Å². The Labute approximate surface area is 365 Å². The van der Waals surface area contributed by atoms with Gasteiger partial charge in [0.1, 0.15) is 24.4 Å². The minimum absolute atomic E-state index is 0.0174. The van der Waals surface area contributed by atoms with Gasteiger partial charge < -0.3 is 54.0 Å². The number of ether oxygens (including phenoxy) is 6. The van der Waals surface area contributed by atoms with E-state index in [4.69, 9.17) is 28.4 Å². The lowest BCUT2D eigenvalue weighted by Crippen LogP contribution is -2.60. The highest BCUT2D eigenvalue weighted by Crippen LogP contribution is 2.43. The van der Waals surface area contributed by atoms with Gasteiger partial charge in [0.25, 0.3) is 0 Å². The molecule has 3 aliphatic rings. The first kappa shape index (κ1) is 48.8. The molecule has 14 atom stereocenters. The summed E-state index contributed by atoms with van der Waals surface area (Å²) >= 11 is 1.52. The van der Waals surface area contributed by atoms with Crippen molar-refractivity contribution in [1.82, 2.24) is 15.2 Å². The number of aliphatic hydroxyl groups is 3. The second kappa shape index (κ2) is 21.0. The summed E-state index contributed by atoms with van der Waals surface area (Å²) in [7, 11) is 3.79. The number of nitrogens with one attached hydrogen (secondary N) is 1. The maximum Gasteiger partial charge on any atom is 0.407 e. The normalized spacial score (nSPS) is 37.6. The number of cyclic esters (lactones) is 1. The van der Waals surface area contributed by atoms with Crippen molar-refractivity contribution < 1.29 is 53.3 Å². The number of nitrogens with zero attached hydrogens (tertiary/aromatic N) is 2. The Balaban J connectivity index is 1.51. The molecule has 3 fully saturated rings. The molecule has 0 radical (unpaired) electrons. The summed E-state index contributed by atoms with van der Waals surface area (Å²) in [4.78, 5) is 34.3. The quantitative estimate of drug-likeness (QED) is 0.174. The van der Waals surface area contributed by atoms with Crippen molar-refractivity contribution in [3.05, 3.63) is 64.5 Å². The van der Waals surface area contributed by atoms with Gasteiger partial charge in [-0.15, -0.1) is 11.3 Å². The fourth-order valence-electron chi connectivity index (χ4n) is 9.34. The second-order valence-electron chi connectivity index (χ2n) is 18.0. The number of alkyl carbamates (subject to hydrolysis) is 1. The van der Waals surface area contributed by atoms with Gasteiger partial charge in [0.15, 0.2) is 6.29 Å². The summed E-state index contributed by atoms with van der Waals surface area (Å²) in [6.07, 6.45) is -2.42. The van der Waals surface area contributed by atoms with Crippen LogP contribution in [0.2, 0.25) is 0 Å². The number of carbonyl (C=O) groups excluding carboxylic acids is 2. The summed E-state index contributed by atoms with van der Waals surface area (Å²) in [6.45, 7) is 19.1. The van der Waals surface area contributed by atoms with Gasteiger partial charge in [-0.25, -0.2) is 4.79 Å². The van der Waals surface area contributed by atoms with Gasteiger partial charge in [-0.05, 0) is 96.8 Å². The van der Waals surface area contributed by atoms with Gasteiger partial charge in [0, 0.05) is 39.9 Å². The number of carbonyl (C=O) groups is 2. The first-order valence-electron chi connectivity index (χ1n) is 21.5. The zero-order valence-electron chi connectivity index (χ0n) is 37.5. The number of aliphatic hydroxyl groups excluding tert-OH is 2. The van der Waals surface area contributed by atoms with Crippen LogP contribution < -0.4 is 5.32 Å². The Morgan fingerprint density at radius 2 is 1.85 bits per heavy atom. The standard InChI is InChI=1S/C46H69N3O11S/c1-12-37-46(9,54)41-29(5)34(16-18-55-44(53)48-22-33-20-32(25-61-33)35-15-13-14-17-47-35)27(3)21-45(8,57-24-26(2)23-56-41)40(30(6)38(50)31(7)42(52)59-37)60-43-39(51)36(49(10)11)19-28(4)58-43/h13-17,20,25,27-31,36-41,43,50-51,54H,2,12,18-19,21-24H2,1,3-11H3,(H,48,53)/b34-16+/t27-,28-,29+,30+,31-,36+,37-,38+,39-,40-,41?,43?,45-,46-/m1/s1. The van der Waals surface area contributed by atoms with Gasteiger partial charge in [-0.1, -0.05) is 45.9 Å². The third-order valence-electron chi connectivity index (χ3n) is 12.8. The summed E-state index contributed by atoms with van der Waals surface area (Å²) < 4.78 is 38.3. The predicted octanol–water partition coefficient (Wildman–Crippen LogP) is 5.89. The van der Waals surface area contributed by atoms with E-state index in [0.717, 1.165) is 21.7 Å². The molecule has 5 heterocycles. The molecule has 0 spiro atoms. The number of hydrogen-bond donors (Lipinski definition) is 4. The van der Waals surface area contributed by atoms with Crippen LogP contribution in [-0.2, 0) is 39.8 Å². The van der Waals surface area contributed by atoms with E-state index in [2.05, 4.69) is 16.9 Å². The number of fused-ring (bicyclic) bond motifs is 5. The van der Waals surface area contributed by atoms with Crippen molar-refractivity contribution in [2.45, 2.75) is 141 Å². The van der Waals surface area contributed by atoms with E-state index >= 15 is 0 Å². The molecule has 2 aromatic heterocycles. The number of esters is 1. The Bertz CT molecular complexity index is 1810. The molecule has 14 nitrogen and oxygen atoms in total. The van der Waals surface area contributed by atoms with Gasteiger partial charge in [-0.3, -0.25) is 9.78 Å². The molecule has 2 bridgehead atoms. The molecule has 15 heteroatoms. The maximum atomic E-state index is 13.9. The van der Waals surface area contributed by atoms with Crippen LogP contribution in [-0.4, -0.2) is 131 Å². The summed E-state index contributed by atoms with van der Waals surface area (Å²) in [5, 5.41) is 40.9. The Kier molecular flexibility index (Phi) is 16.8. The van der Waals surface area contributed by atoms with Crippen molar-refractivity contribution in [3.63, 3.8) is 0 Å². The molecule has 3 aliphatic heterocycles. The molecular weight excluding hydrogens is 803 g/mol. The highest BCUT2D eigenvalue weighted by atomic mass is 32.1. The lowest BCUT2D eigenvalue weighted by molar-refractivity contribution is -0.303. The van der Waals surface area contributed by atoms with Gasteiger partial charge >= 0.3 is 12.1 Å². The molecule has 2 unspecified atom stereocenters. The second-order valence-corrected chi connectivity index (χ2v) is 19.0. The molecule has 3 saturated heterocycles. The maximum absolute atomic E-state index is 13.9. The first-order valence-corrected chi connectivity index (χ1v) is 22.4. The number of aromatic nitrogens is 1. The van der Waals surface area contributed by atoms with Crippen LogP contribution in [0.4, 0.5) is 4.79 Å².